The van der Waals surface area contributed by atoms with Crippen molar-refractivity contribution in [1.29, 1.82) is 0 Å². The van der Waals surface area contributed by atoms with Crippen LogP contribution in [-0.4, -0.2) is 35.1 Å². The SMILES string of the molecule is CON(C)C(=O)c1ncc(C)nc1N. The Bertz CT molecular complexity index is 353. The van der Waals surface area contributed by atoms with E-state index in [-0.39, 0.29) is 11.5 Å². The Labute approximate surface area is 81.7 Å². The number of hydrogen-bond donors (Lipinski definition) is 1. The van der Waals surface area contributed by atoms with Gasteiger partial charge >= 0.3 is 0 Å². The number of amides is 1. The van der Waals surface area contributed by atoms with Crippen molar-refractivity contribution >= 4 is 11.7 Å². The highest BCUT2D eigenvalue weighted by atomic mass is 16.7. The van der Waals surface area contributed by atoms with Crippen LogP contribution in [0.4, 0.5) is 5.82 Å². The van der Waals surface area contributed by atoms with Crippen LogP contribution in [-0.2, 0) is 4.84 Å². The molecule has 0 aromatic carbocycles. The van der Waals surface area contributed by atoms with E-state index in [0.717, 1.165) is 5.06 Å². The van der Waals surface area contributed by atoms with E-state index in [1.807, 2.05) is 0 Å². The molecule has 2 N–H and O–H groups in total. The van der Waals surface area contributed by atoms with Gasteiger partial charge < -0.3 is 5.73 Å². The van der Waals surface area contributed by atoms with Crippen LogP contribution in [0.2, 0.25) is 0 Å². The topological polar surface area (TPSA) is 81.3 Å². The monoisotopic (exact) mass is 196 g/mol. The fraction of sp³-hybridized carbons (Fsp3) is 0.375. The number of hydroxylamine groups is 2. The van der Waals surface area contributed by atoms with Crippen LogP contribution >= 0.6 is 0 Å². The predicted octanol–water partition coefficient (Wildman–Crippen LogP) is 0.000620. The van der Waals surface area contributed by atoms with Gasteiger partial charge in [0, 0.05) is 13.2 Å². The largest absolute Gasteiger partial charge is 0.382 e. The molecule has 0 aliphatic rings. The smallest absolute Gasteiger partial charge is 0.299 e. The molecular formula is C8H12N4O2. The molecule has 0 radical (unpaired) electrons. The molecule has 76 valence electrons. The summed E-state index contributed by atoms with van der Waals surface area (Å²) >= 11 is 0. The number of hydrogen-bond acceptors (Lipinski definition) is 5. The van der Waals surface area contributed by atoms with Gasteiger partial charge in [0.2, 0.25) is 0 Å². The van der Waals surface area contributed by atoms with Crippen LogP contribution in [0.15, 0.2) is 6.20 Å². The summed E-state index contributed by atoms with van der Waals surface area (Å²) in [4.78, 5) is 24.0. The molecule has 0 aliphatic carbocycles. The normalized spacial score (nSPS) is 9.93. The first-order valence-electron chi connectivity index (χ1n) is 3.97. The number of aryl methyl sites for hydroxylation is 1. The van der Waals surface area contributed by atoms with Gasteiger partial charge in [0.1, 0.15) is 0 Å². The molecule has 0 atom stereocenters. The lowest BCUT2D eigenvalue weighted by atomic mass is 10.3. The minimum absolute atomic E-state index is 0.0972. The Morgan fingerprint density at radius 3 is 2.79 bits per heavy atom. The van der Waals surface area contributed by atoms with Gasteiger partial charge in [-0.1, -0.05) is 0 Å². The van der Waals surface area contributed by atoms with Crippen molar-refractivity contribution in [3.8, 4) is 0 Å². The van der Waals surface area contributed by atoms with Crippen molar-refractivity contribution in [3.05, 3.63) is 17.6 Å². The summed E-state index contributed by atoms with van der Waals surface area (Å²) < 4.78 is 0. The summed E-state index contributed by atoms with van der Waals surface area (Å²) in [5, 5.41) is 1.04. The van der Waals surface area contributed by atoms with E-state index in [1.165, 1.54) is 20.4 Å². The highest BCUT2D eigenvalue weighted by molar-refractivity contribution is 5.95. The number of nitrogens with zero attached hydrogens (tertiary/aromatic N) is 3. The maximum absolute atomic E-state index is 11.5. The fourth-order valence-electron chi connectivity index (χ4n) is 0.893. The molecule has 14 heavy (non-hydrogen) atoms. The molecule has 1 aromatic heterocycles. The Morgan fingerprint density at radius 1 is 1.64 bits per heavy atom. The highest BCUT2D eigenvalue weighted by Crippen LogP contribution is 2.08. The first-order valence-corrected chi connectivity index (χ1v) is 3.97. The van der Waals surface area contributed by atoms with Crippen LogP contribution in [0.5, 0.6) is 0 Å². The van der Waals surface area contributed by atoms with Crippen molar-refractivity contribution in [2.24, 2.45) is 0 Å². The predicted molar refractivity (Wildman–Crippen MR) is 50.3 cm³/mol. The van der Waals surface area contributed by atoms with E-state index in [1.54, 1.807) is 6.92 Å². The molecule has 0 saturated carbocycles. The van der Waals surface area contributed by atoms with E-state index in [4.69, 9.17) is 10.6 Å². The van der Waals surface area contributed by atoms with Crippen molar-refractivity contribution in [2.75, 3.05) is 19.9 Å². The molecule has 0 saturated heterocycles. The summed E-state index contributed by atoms with van der Waals surface area (Å²) in [5.74, 6) is -0.309. The quantitative estimate of drug-likeness (QED) is 0.673. The van der Waals surface area contributed by atoms with Gasteiger partial charge in [-0.05, 0) is 6.92 Å². The zero-order valence-electron chi connectivity index (χ0n) is 8.31. The number of anilines is 1. The second kappa shape index (κ2) is 4.01. The lowest BCUT2D eigenvalue weighted by Crippen LogP contribution is -2.27. The molecule has 0 fully saturated rings. The summed E-state index contributed by atoms with van der Waals surface area (Å²) in [6.45, 7) is 1.75. The molecule has 0 unspecified atom stereocenters. The minimum atomic E-state index is -0.419. The summed E-state index contributed by atoms with van der Waals surface area (Å²) in [6, 6.07) is 0. The first-order chi connectivity index (χ1) is 6.56. The van der Waals surface area contributed by atoms with Gasteiger partial charge in [0.25, 0.3) is 5.91 Å². The van der Waals surface area contributed by atoms with Crippen LogP contribution < -0.4 is 5.73 Å². The Morgan fingerprint density at radius 2 is 2.29 bits per heavy atom. The van der Waals surface area contributed by atoms with Crippen LogP contribution in [0.1, 0.15) is 16.2 Å². The van der Waals surface area contributed by atoms with Gasteiger partial charge in [-0.3, -0.25) is 9.63 Å². The molecule has 1 rings (SSSR count). The number of carbonyl (C=O) groups excluding carboxylic acids is 1. The molecule has 0 aliphatic heterocycles. The number of aromatic nitrogens is 2. The third-order valence-corrected chi connectivity index (χ3v) is 1.68. The molecule has 6 heteroatoms. The second-order valence-corrected chi connectivity index (χ2v) is 2.73. The van der Waals surface area contributed by atoms with E-state index in [9.17, 15) is 4.79 Å². The average molecular weight is 196 g/mol. The lowest BCUT2D eigenvalue weighted by molar-refractivity contribution is -0.0760. The van der Waals surface area contributed by atoms with Crippen molar-refractivity contribution in [1.82, 2.24) is 15.0 Å². The zero-order valence-corrected chi connectivity index (χ0v) is 8.31. The van der Waals surface area contributed by atoms with Gasteiger partial charge in [0.05, 0.1) is 12.8 Å². The van der Waals surface area contributed by atoms with Gasteiger partial charge in [0.15, 0.2) is 11.5 Å². The van der Waals surface area contributed by atoms with Gasteiger partial charge in [-0.25, -0.2) is 15.0 Å². The standard InChI is InChI=1S/C8H12N4O2/c1-5-4-10-6(7(9)11-5)8(13)12(2)14-3/h4H,1-3H3,(H2,9,11). The highest BCUT2D eigenvalue weighted by Gasteiger charge is 2.16. The number of carbonyl (C=O) groups is 1. The average Bonchev–Trinajstić information content (AvgIpc) is 2.15. The van der Waals surface area contributed by atoms with E-state index in [2.05, 4.69) is 9.97 Å². The summed E-state index contributed by atoms with van der Waals surface area (Å²) in [7, 11) is 2.86. The van der Waals surface area contributed by atoms with Crippen LogP contribution in [0.25, 0.3) is 0 Å². The fourth-order valence-corrected chi connectivity index (χ4v) is 0.893. The molecule has 1 aromatic rings. The molecule has 1 amide bonds. The van der Waals surface area contributed by atoms with Gasteiger partial charge in [-0.2, -0.15) is 0 Å². The number of nitrogen functional groups attached to an aromatic ring is 1. The zero-order chi connectivity index (χ0) is 10.7. The van der Waals surface area contributed by atoms with Gasteiger partial charge in [-0.15, -0.1) is 0 Å². The third kappa shape index (κ3) is 1.97. The van der Waals surface area contributed by atoms with Crippen molar-refractivity contribution in [2.45, 2.75) is 6.92 Å². The maximum atomic E-state index is 11.5. The molecule has 0 spiro atoms. The number of nitrogens with two attached hydrogens (primary N) is 1. The van der Waals surface area contributed by atoms with Crippen LogP contribution in [0, 0.1) is 6.92 Å². The summed E-state index contributed by atoms with van der Waals surface area (Å²) in [6.07, 6.45) is 1.48. The van der Waals surface area contributed by atoms with E-state index < -0.39 is 5.91 Å². The maximum Gasteiger partial charge on any atom is 0.299 e. The Kier molecular flexibility index (Phi) is 2.98. The van der Waals surface area contributed by atoms with E-state index in [0.29, 0.717) is 5.69 Å². The number of rotatable bonds is 2. The van der Waals surface area contributed by atoms with E-state index >= 15 is 0 Å². The molecule has 1 heterocycles. The second-order valence-electron chi connectivity index (χ2n) is 2.73. The third-order valence-electron chi connectivity index (χ3n) is 1.68. The van der Waals surface area contributed by atoms with Crippen molar-refractivity contribution in [3.63, 3.8) is 0 Å². The Hall–Kier alpha value is -1.69. The molecule has 6 nitrogen and oxygen atoms in total. The lowest BCUT2D eigenvalue weighted by Gasteiger charge is -2.13. The molecule has 0 bridgehead atoms. The first kappa shape index (κ1) is 10.4. The minimum Gasteiger partial charge on any atom is -0.382 e. The summed E-state index contributed by atoms with van der Waals surface area (Å²) in [5.41, 5.74) is 6.30. The Balaban J connectivity index is 3.02. The van der Waals surface area contributed by atoms with Crippen LogP contribution in [0.3, 0.4) is 0 Å². The van der Waals surface area contributed by atoms with Crippen molar-refractivity contribution < 1.29 is 9.63 Å². The molecular weight excluding hydrogens is 184 g/mol.